The maximum Gasteiger partial charge on any atom is 0.251 e. The van der Waals surface area contributed by atoms with Crippen LogP contribution in [0.2, 0.25) is 5.02 Å². The van der Waals surface area contributed by atoms with Gasteiger partial charge in [-0.1, -0.05) is 23.7 Å². The SMILES string of the molecule is Cc1cccc(N2CCN(C(=O)[C@@H](CCC(N)=O)NC(=O)c3ccc(Cl)cc3)CC2)c1. The molecule has 2 aromatic rings. The van der Waals surface area contributed by atoms with Gasteiger partial charge in [0.05, 0.1) is 0 Å². The molecule has 1 heterocycles. The van der Waals surface area contributed by atoms with Crippen LogP contribution in [-0.4, -0.2) is 54.8 Å². The summed E-state index contributed by atoms with van der Waals surface area (Å²) in [7, 11) is 0. The second kappa shape index (κ2) is 10.3. The van der Waals surface area contributed by atoms with E-state index in [1.807, 2.05) is 6.07 Å². The summed E-state index contributed by atoms with van der Waals surface area (Å²) in [6.07, 6.45) is 0.173. The largest absolute Gasteiger partial charge is 0.370 e. The minimum absolute atomic E-state index is 0.0144. The van der Waals surface area contributed by atoms with Crippen LogP contribution in [0.1, 0.15) is 28.8 Å². The monoisotopic (exact) mass is 442 g/mol. The fourth-order valence-electron chi connectivity index (χ4n) is 3.62. The average Bonchev–Trinajstić information content (AvgIpc) is 2.76. The van der Waals surface area contributed by atoms with E-state index in [1.54, 1.807) is 29.2 Å². The van der Waals surface area contributed by atoms with E-state index in [4.69, 9.17) is 17.3 Å². The van der Waals surface area contributed by atoms with Crippen molar-refractivity contribution in [2.75, 3.05) is 31.1 Å². The van der Waals surface area contributed by atoms with E-state index in [9.17, 15) is 14.4 Å². The molecule has 3 amide bonds. The zero-order valence-corrected chi connectivity index (χ0v) is 18.3. The summed E-state index contributed by atoms with van der Waals surface area (Å²) in [6, 6.07) is 13.8. The molecule has 3 N–H and O–H groups in total. The Morgan fingerprint density at radius 2 is 1.74 bits per heavy atom. The number of nitrogens with two attached hydrogens (primary N) is 1. The molecule has 0 spiro atoms. The Labute approximate surface area is 187 Å². The van der Waals surface area contributed by atoms with Gasteiger partial charge in [-0.25, -0.2) is 0 Å². The topological polar surface area (TPSA) is 95.7 Å². The first-order chi connectivity index (χ1) is 14.8. The van der Waals surface area contributed by atoms with Gasteiger partial charge in [0.2, 0.25) is 11.8 Å². The lowest BCUT2D eigenvalue weighted by Crippen LogP contribution is -2.55. The Balaban J connectivity index is 1.64. The third kappa shape index (κ3) is 6.21. The van der Waals surface area contributed by atoms with E-state index in [2.05, 4.69) is 35.3 Å². The number of benzene rings is 2. The molecule has 0 aromatic heterocycles. The van der Waals surface area contributed by atoms with Crippen molar-refractivity contribution in [3.05, 3.63) is 64.7 Å². The van der Waals surface area contributed by atoms with Crippen LogP contribution in [-0.2, 0) is 9.59 Å². The van der Waals surface area contributed by atoms with Gasteiger partial charge in [0, 0.05) is 48.9 Å². The fourth-order valence-corrected chi connectivity index (χ4v) is 3.74. The van der Waals surface area contributed by atoms with Gasteiger partial charge >= 0.3 is 0 Å². The van der Waals surface area contributed by atoms with Crippen LogP contribution in [0.15, 0.2) is 48.5 Å². The number of amides is 3. The molecule has 1 atom stereocenters. The van der Waals surface area contributed by atoms with Crippen LogP contribution in [0.3, 0.4) is 0 Å². The highest BCUT2D eigenvalue weighted by atomic mass is 35.5. The zero-order chi connectivity index (χ0) is 22.4. The van der Waals surface area contributed by atoms with Gasteiger partial charge < -0.3 is 20.9 Å². The predicted molar refractivity (Wildman–Crippen MR) is 121 cm³/mol. The Bertz CT molecular complexity index is 940. The van der Waals surface area contributed by atoms with Crippen molar-refractivity contribution in [3.63, 3.8) is 0 Å². The molecule has 8 heteroatoms. The van der Waals surface area contributed by atoms with E-state index in [1.165, 1.54) is 5.56 Å². The number of aryl methyl sites for hydroxylation is 1. The number of nitrogens with zero attached hydrogens (tertiary/aromatic N) is 2. The summed E-state index contributed by atoms with van der Waals surface area (Å²) < 4.78 is 0. The average molecular weight is 443 g/mol. The number of hydrogen-bond acceptors (Lipinski definition) is 4. The van der Waals surface area contributed by atoms with Gasteiger partial charge in [-0.2, -0.15) is 0 Å². The molecule has 0 radical (unpaired) electrons. The van der Waals surface area contributed by atoms with Crippen molar-refractivity contribution < 1.29 is 14.4 Å². The van der Waals surface area contributed by atoms with Gasteiger partial charge in [0.25, 0.3) is 5.91 Å². The molecule has 0 aliphatic carbocycles. The summed E-state index contributed by atoms with van der Waals surface area (Å²) in [4.78, 5) is 41.0. The quantitative estimate of drug-likeness (QED) is 0.688. The first-order valence-electron chi connectivity index (χ1n) is 10.3. The first-order valence-corrected chi connectivity index (χ1v) is 10.7. The molecule has 0 saturated carbocycles. The van der Waals surface area contributed by atoms with E-state index in [0.29, 0.717) is 36.8 Å². The highest BCUT2D eigenvalue weighted by Gasteiger charge is 2.29. The van der Waals surface area contributed by atoms with E-state index in [-0.39, 0.29) is 18.7 Å². The molecule has 2 aromatic carbocycles. The lowest BCUT2D eigenvalue weighted by Gasteiger charge is -2.37. The van der Waals surface area contributed by atoms with Crippen LogP contribution in [0.5, 0.6) is 0 Å². The molecule has 7 nitrogen and oxygen atoms in total. The number of piperazine rings is 1. The maximum atomic E-state index is 13.1. The molecular formula is C23H27ClN4O3. The zero-order valence-electron chi connectivity index (χ0n) is 17.5. The number of hydrogen-bond donors (Lipinski definition) is 2. The van der Waals surface area contributed by atoms with Crippen LogP contribution in [0.25, 0.3) is 0 Å². The Morgan fingerprint density at radius 1 is 1.06 bits per heavy atom. The Morgan fingerprint density at radius 3 is 2.35 bits per heavy atom. The van der Waals surface area contributed by atoms with Crippen molar-refractivity contribution in [2.24, 2.45) is 5.73 Å². The van der Waals surface area contributed by atoms with Crippen molar-refractivity contribution in [3.8, 4) is 0 Å². The Kier molecular flexibility index (Phi) is 7.52. The fraction of sp³-hybridized carbons (Fsp3) is 0.348. The van der Waals surface area contributed by atoms with Crippen molar-refractivity contribution in [1.29, 1.82) is 0 Å². The maximum absolute atomic E-state index is 13.1. The minimum atomic E-state index is -0.818. The van der Waals surface area contributed by atoms with Crippen LogP contribution >= 0.6 is 11.6 Å². The van der Waals surface area contributed by atoms with E-state index < -0.39 is 17.9 Å². The van der Waals surface area contributed by atoms with E-state index in [0.717, 1.165) is 5.69 Å². The Hall–Kier alpha value is -3.06. The molecular weight excluding hydrogens is 416 g/mol. The van der Waals surface area contributed by atoms with Crippen LogP contribution in [0.4, 0.5) is 5.69 Å². The summed E-state index contributed by atoms with van der Waals surface area (Å²) in [5.74, 6) is -1.10. The smallest absolute Gasteiger partial charge is 0.251 e. The first kappa shape index (κ1) is 22.6. The second-order valence-corrected chi connectivity index (χ2v) is 8.13. The molecule has 1 aliphatic rings. The van der Waals surface area contributed by atoms with E-state index >= 15 is 0 Å². The number of rotatable bonds is 7. The van der Waals surface area contributed by atoms with Gasteiger partial charge in [0.1, 0.15) is 6.04 Å². The summed E-state index contributed by atoms with van der Waals surface area (Å²) in [6.45, 7) is 4.52. The summed E-state index contributed by atoms with van der Waals surface area (Å²) in [5, 5.41) is 3.28. The summed E-state index contributed by atoms with van der Waals surface area (Å²) in [5.41, 5.74) is 7.99. The highest BCUT2D eigenvalue weighted by Crippen LogP contribution is 2.18. The second-order valence-electron chi connectivity index (χ2n) is 7.69. The highest BCUT2D eigenvalue weighted by molar-refractivity contribution is 6.30. The van der Waals surface area contributed by atoms with Crippen LogP contribution < -0.4 is 16.0 Å². The van der Waals surface area contributed by atoms with Crippen molar-refractivity contribution >= 4 is 35.0 Å². The minimum Gasteiger partial charge on any atom is -0.370 e. The molecule has 0 unspecified atom stereocenters. The van der Waals surface area contributed by atoms with Crippen LogP contribution in [0, 0.1) is 6.92 Å². The van der Waals surface area contributed by atoms with Gasteiger partial charge in [-0.05, 0) is 55.3 Å². The molecule has 1 fully saturated rings. The summed E-state index contributed by atoms with van der Waals surface area (Å²) >= 11 is 5.88. The lowest BCUT2D eigenvalue weighted by molar-refractivity contribution is -0.133. The number of nitrogens with one attached hydrogen (secondary N) is 1. The molecule has 31 heavy (non-hydrogen) atoms. The predicted octanol–water partition coefficient (Wildman–Crippen LogP) is 2.36. The number of halogens is 1. The molecule has 1 saturated heterocycles. The number of carbonyl (C=O) groups excluding carboxylic acids is 3. The normalized spacial score (nSPS) is 14.8. The lowest BCUT2D eigenvalue weighted by atomic mass is 10.1. The molecule has 0 bridgehead atoms. The van der Waals surface area contributed by atoms with Gasteiger partial charge in [-0.3, -0.25) is 14.4 Å². The number of carbonyl (C=O) groups is 3. The van der Waals surface area contributed by atoms with Crippen molar-refractivity contribution in [1.82, 2.24) is 10.2 Å². The number of primary amides is 1. The van der Waals surface area contributed by atoms with Gasteiger partial charge in [-0.15, -0.1) is 0 Å². The molecule has 1 aliphatic heterocycles. The molecule has 3 rings (SSSR count). The third-order valence-electron chi connectivity index (χ3n) is 5.35. The standard InChI is InChI=1S/C23H27ClN4O3/c1-16-3-2-4-19(15-16)27-11-13-28(14-12-27)23(31)20(9-10-21(25)29)26-22(30)17-5-7-18(24)8-6-17/h2-8,15,20H,9-14H2,1H3,(H2,25,29)(H,26,30)/t20-/m1/s1. The van der Waals surface area contributed by atoms with Gasteiger partial charge in [0.15, 0.2) is 0 Å². The number of anilines is 1. The molecule has 164 valence electrons. The third-order valence-corrected chi connectivity index (χ3v) is 5.60. The van der Waals surface area contributed by atoms with Crippen molar-refractivity contribution in [2.45, 2.75) is 25.8 Å².